The minimum atomic E-state index is -3.81. The van der Waals surface area contributed by atoms with Crippen LogP contribution in [0.2, 0.25) is 0 Å². The highest BCUT2D eigenvalue weighted by Gasteiger charge is 2.29. The number of nitrogens with zero attached hydrogens (tertiary/aromatic N) is 3. The maximum Gasteiger partial charge on any atom is 0.322 e. The van der Waals surface area contributed by atoms with Gasteiger partial charge in [-0.05, 0) is 60.2 Å². The van der Waals surface area contributed by atoms with E-state index >= 15 is 0 Å². The Balaban J connectivity index is 1.51. The quantitative estimate of drug-likeness (QED) is 0.208. The molecule has 48 heavy (non-hydrogen) atoms. The summed E-state index contributed by atoms with van der Waals surface area (Å²) in [5.41, 5.74) is 2.87. The van der Waals surface area contributed by atoms with E-state index in [0.29, 0.717) is 46.4 Å². The molecular weight excluding hydrogens is 644 g/mol. The number of nitrogens with one attached hydrogen (secondary N) is 2. The Morgan fingerprint density at radius 2 is 1.73 bits per heavy atom. The van der Waals surface area contributed by atoms with Crippen LogP contribution in [0.15, 0.2) is 81.6 Å². The number of hydrogen-bond donors (Lipinski definition) is 2. The largest absolute Gasteiger partial charge is 0.455 e. The predicted molar refractivity (Wildman–Crippen MR) is 177 cm³/mol. The van der Waals surface area contributed by atoms with Crippen LogP contribution in [0.5, 0.6) is 0 Å². The number of amides is 3. The fourth-order valence-electron chi connectivity index (χ4n) is 5.80. The first-order chi connectivity index (χ1) is 22.9. The molecule has 1 aliphatic rings. The van der Waals surface area contributed by atoms with E-state index in [9.17, 15) is 26.8 Å². The Labute approximate surface area is 272 Å². The Bertz CT molecular complexity index is 2390. The summed E-state index contributed by atoms with van der Waals surface area (Å²) in [4.78, 5) is 32.0. The molecule has 1 fully saturated rings. The first kappa shape index (κ1) is 30.9. The monoisotopic (exact) mass is 671 g/mol. The van der Waals surface area contributed by atoms with Gasteiger partial charge in [0.15, 0.2) is 11.4 Å². The number of benzene rings is 4. The number of aromatic nitrogens is 1. The van der Waals surface area contributed by atoms with E-state index in [1.807, 2.05) is 0 Å². The molecule has 0 bridgehead atoms. The topological polar surface area (TPSA) is 138 Å². The van der Waals surface area contributed by atoms with Crippen LogP contribution in [0, 0.1) is 11.6 Å². The number of para-hydroxylation sites is 1. The fraction of sp³-hybridized carbons (Fsp3) is 0.147. The van der Waals surface area contributed by atoms with E-state index in [4.69, 9.17) is 8.83 Å². The van der Waals surface area contributed by atoms with E-state index < -0.39 is 27.6 Å². The average Bonchev–Trinajstić information content (AvgIpc) is 3.80. The smallest absolute Gasteiger partial charge is 0.322 e. The van der Waals surface area contributed by atoms with Crippen LogP contribution in [0.4, 0.5) is 25.0 Å². The van der Waals surface area contributed by atoms with E-state index in [-0.39, 0.29) is 45.6 Å². The third-order valence-electron chi connectivity index (χ3n) is 8.26. The van der Waals surface area contributed by atoms with E-state index in [1.165, 1.54) is 61.5 Å². The molecule has 11 nitrogen and oxygen atoms in total. The minimum absolute atomic E-state index is 0.00980. The molecule has 1 aliphatic heterocycles. The molecule has 0 atom stereocenters. The van der Waals surface area contributed by atoms with Gasteiger partial charge in [0.1, 0.15) is 22.7 Å². The van der Waals surface area contributed by atoms with Crippen molar-refractivity contribution in [3.63, 3.8) is 0 Å². The summed E-state index contributed by atoms with van der Waals surface area (Å²) in [5.74, 6) is -1.33. The zero-order valence-corrected chi connectivity index (χ0v) is 26.6. The third kappa shape index (κ3) is 5.19. The molecule has 244 valence electrons. The molecule has 2 N–H and O–H groups in total. The lowest BCUT2D eigenvalue weighted by atomic mass is 9.96. The lowest BCUT2D eigenvalue weighted by molar-refractivity contribution is 0.0964. The van der Waals surface area contributed by atoms with Gasteiger partial charge in [-0.15, -0.1) is 0 Å². The second kappa shape index (κ2) is 11.5. The molecule has 1 saturated heterocycles. The van der Waals surface area contributed by atoms with E-state index in [0.717, 1.165) is 10.6 Å². The Morgan fingerprint density at radius 1 is 0.979 bits per heavy atom. The highest BCUT2D eigenvalue weighted by molar-refractivity contribution is 7.92. The van der Waals surface area contributed by atoms with Crippen molar-refractivity contribution < 1.29 is 35.6 Å². The summed E-state index contributed by atoms with van der Waals surface area (Å²) in [6.45, 7) is 0.756. The van der Waals surface area contributed by atoms with Crippen molar-refractivity contribution in [2.75, 3.05) is 42.6 Å². The summed E-state index contributed by atoms with van der Waals surface area (Å²) in [6.07, 6.45) is 1.05. The van der Waals surface area contributed by atoms with E-state index in [1.54, 1.807) is 30.3 Å². The number of oxazole rings is 1. The number of anilines is 2. The number of halogens is 2. The van der Waals surface area contributed by atoms with Gasteiger partial charge >= 0.3 is 6.03 Å². The molecule has 4 aromatic carbocycles. The van der Waals surface area contributed by atoms with Gasteiger partial charge in [-0.3, -0.25) is 14.0 Å². The van der Waals surface area contributed by atoms with Gasteiger partial charge in [-0.1, -0.05) is 12.1 Å². The fourth-order valence-corrected chi connectivity index (χ4v) is 6.31. The highest BCUT2D eigenvalue weighted by atomic mass is 32.2. The number of sulfonamides is 1. The normalized spacial score (nSPS) is 13.4. The predicted octanol–water partition coefficient (Wildman–Crippen LogP) is 6.14. The number of carbonyl (C=O) groups excluding carboxylic acids is 2. The van der Waals surface area contributed by atoms with Crippen molar-refractivity contribution in [1.82, 2.24) is 15.6 Å². The first-order valence-corrected chi connectivity index (χ1v) is 16.6. The molecule has 7 rings (SSSR count). The highest BCUT2D eigenvalue weighted by Crippen LogP contribution is 2.44. The maximum atomic E-state index is 14.7. The van der Waals surface area contributed by atoms with Gasteiger partial charge in [0.2, 0.25) is 15.9 Å². The summed E-state index contributed by atoms with van der Waals surface area (Å²) in [5, 5.41) is 5.75. The van der Waals surface area contributed by atoms with Crippen LogP contribution < -0.4 is 19.8 Å². The number of hydrogen-bond acceptors (Lipinski definition) is 7. The average molecular weight is 672 g/mol. The second-order valence-corrected chi connectivity index (χ2v) is 13.2. The van der Waals surface area contributed by atoms with Crippen molar-refractivity contribution in [1.29, 1.82) is 0 Å². The standard InChI is InChI=1S/C34H27F2N5O6S/c1-37-32(42)29-23-16-21(26(40(2)48(3,44)45)17-28(23)46-31(29)18-7-10-20(35)11-8-18)19-9-12-25(41-14-13-38-34(41)43)22(15-19)33-39-30-24(36)5-4-6-27(30)47-33/h4-12,15-17H,13-14H2,1-3H3,(H,37,42)(H,38,43). The molecule has 0 radical (unpaired) electrons. The third-order valence-corrected chi connectivity index (χ3v) is 9.45. The van der Waals surface area contributed by atoms with Crippen LogP contribution in [-0.2, 0) is 10.0 Å². The molecule has 6 aromatic rings. The lowest BCUT2D eigenvalue weighted by Gasteiger charge is -2.22. The zero-order valence-electron chi connectivity index (χ0n) is 25.8. The Morgan fingerprint density at radius 3 is 2.40 bits per heavy atom. The number of rotatable bonds is 7. The van der Waals surface area contributed by atoms with Gasteiger partial charge < -0.3 is 19.5 Å². The summed E-state index contributed by atoms with van der Waals surface area (Å²) >= 11 is 0. The molecular formula is C34H27F2N5O6S. The molecule has 2 aromatic heterocycles. The van der Waals surface area contributed by atoms with Gasteiger partial charge in [0.05, 0.1) is 28.8 Å². The molecule has 3 heterocycles. The van der Waals surface area contributed by atoms with Crippen molar-refractivity contribution in [2.45, 2.75) is 0 Å². The summed E-state index contributed by atoms with van der Waals surface area (Å²) in [7, 11) is -0.963. The lowest BCUT2D eigenvalue weighted by Crippen LogP contribution is -2.28. The molecule has 0 aliphatic carbocycles. The van der Waals surface area contributed by atoms with Crippen molar-refractivity contribution in [3.05, 3.63) is 90.0 Å². The molecule has 0 saturated carbocycles. The number of fused-ring (bicyclic) bond motifs is 2. The number of furan rings is 1. The second-order valence-electron chi connectivity index (χ2n) is 11.2. The van der Waals surface area contributed by atoms with Crippen LogP contribution in [0.25, 0.3) is 56.0 Å². The Hall–Kier alpha value is -5.76. The summed E-state index contributed by atoms with van der Waals surface area (Å²) in [6, 6.07) is 17.6. The van der Waals surface area contributed by atoms with E-state index in [2.05, 4.69) is 15.6 Å². The number of carbonyl (C=O) groups is 2. The van der Waals surface area contributed by atoms with Crippen LogP contribution in [0.3, 0.4) is 0 Å². The van der Waals surface area contributed by atoms with Crippen LogP contribution in [-0.4, -0.2) is 58.8 Å². The number of urea groups is 1. The summed E-state index contributed by atoms with van der Waals surface area (Å²) < 4.78 is 67.5. The molecule has 14 heteroatoms. The maximum absolute atomic E-state index is 14.7. The van der Waals surface area contributed by atoms with Gasteiger partial charge in [-0.2, -0.15) is 0 Å². The van der Waals surface area contributed by atoms with Crippen LogP contribution >= 0.6 is 0 Å². The molecule has 0 unspecified atom stereocenters. The van der Waals surface area contributed by atoms with Gasteiger partial charge in [-0.25, -0.2) is 27.0 Å². The van der Waals surface area contributed by atoms with Crippen molar-refractivity contribution >= 4 is 55.4 Å². The Kier molecular flexibility index (Phi) is 7.39. The molecule has 3 amide bonds. The van der Waals surface area contributed by atoms with Gasteiger partial charge in [0, 0.05) is 49.8 Å². The van der Waals surface area contributed by atoms with Crippen molar-refractivity contribution in [3.8, 4) is 33.9 Å². The molecule has 0 spiro atoms. The minimum Gasteiger partial charge on any atom is -0.455 e. The van der Waals surface area contributed by atoms with Gasteiger partial charge in [0.25, 0.3) is 5.91 Å². The zero-order chi connectivity index (χ0) is 33.9. The first-order valence-electron chi connectivity index (χ1n) is 14.7. The van der Waals surface area contributed by atoms with Crippen molar-refractivity contribution in [2.24, 2.45) is 0 Å². The van der Waals surface area contributed by atoms with Crippen LogP contribution in [0.1, 0.15) is 10.4 Å². The SMILES string of the molecule is CNC(=O)c1c(-c2ccc(F)cc2)oc2cc(N(C)S(C)(=O)=O)c(-c3ccc(N4CCNC4=O)c(-c4nc5c(F)cccc5o4)c3)cc12.